The molecule has 0 spiro atoms. The summed E-state index contributed by atoms with van der Waals surface area (Å²) in [5.74, 6) is -0.550. The number of aromatic nitrogens is 1. The van der Waals surface area contributed by atoms with Gasteiger partial charge in [0.2, 0.25) is 0 Å². The molecule has 0 saturated heterocycles. The summed E-state index contributed by atoms with van der Waals surface area (Å²) >= 11 is 2.21. The second-order valence-electron chi connectivity index (χ2n) is 4.57. The maximum Gasteiger partial charge on any atom is 0.123 e. The molecule has 0 bridgehead atoms. The monoisotopic (exact) mass is 393 g/mol. The van der Waals surface area contributed by atoms with Gasteiger partial charge < -0.3 is 0 Å². The van der Waals surface area contributed by atoms with Gasteiger partial charge in [-0.15, -0.1) is 0 Å². The topological polar surface area (TPSA) is 12.9 Å². The molecule has 0 aliphatic rings. The van der Waals surface area contributed by atoms with E-state index < -0.39 is 0 Å². The fourth-order valence-electron chi connectivity index (χ4n) is 2.03. The SMILES string of the molecule is Fc1ccc(-c2cc(I)cc(-c3ccc(F)cc3)n2)cc1. The Morgan fingerprint density at radius 1 is 0.667 bits per heavy atom. The maximum absolute atomic E-state index is 13.0. The maximum atomic E-state index is 13.0. The van der Waals surface area contributed by atoms with Crippen molar-refractivity contribution in [3.63, 3.8) is 0 Å². The summed E-state index contributed by atoms with van der Waals surface area (Å²) in [7, 11) is 0. The van der Waals surface area contributed by atoms with Crippen molar-refractivity contribution in [2.45, 2.75) is 0 Å². The molecule has 0 amide bonds. The van der Waals surface area contributed by atoms with Crippen LogP contribution in [0.2, 0.25) is 0 Å². The number of rotatable bonds is 2. The van der Waals surface area contributed by atoms with Crippen molar-refractivity contribution in [2.24, 2.45) is 0 Å². The Morgan fingerprint density at radius 2 is 1.05 bits per heavy atom. The van der Waals surface area contributed by atoms with Crippen molar-refractivity contribution in [1.29, 1.82) is 0 Å². The van der Waals surface area contributed by atoms with Crippen molar-refractivity contribution >= 4 is 22.6 Å². The van der Waals surface area contributed by atoms with Crippen LogP contribution in [0.25, 0.3) is 22.5 Å². The smallest absolute Gasteiger partial charge is 0.123 e. The van der Waals surface area contributed by atoms with Crippen LogP contribution < -0.4 is 0 Å². The lowest BCUT2D eigenvalue weighted by molar-refractivity contribution is 0.627. The molecule has 0 N–H and O–H groups in total. The fourth-order valence-corrected chi connectivity index (χ4v) is 2.62. The van der Waals surface area contributed by atoms with Gasteiger partial charge in [0, 0.05) is 14.7 Å². The molecule has 0 unspecified atom stereocenters. The van der Waals surface area contributed by atoms with Crippen LogP contribution in [0.1, 0.15) is 0 Å². The van der Waals surface area contributed by atoms with Crippen molar-refractivity contribution in [3.05, 3.63) is 75.9 Å². The quantitative estimate of drug-likeness (QED) is 0.539. The zero-order valence-electron chi connectivity index (χ0n) is 10.9. The molecule has 1 heterocycles. The van der Waals surface area contributed by atoms with Gasteiger partial charge in [0.15, 0.2) is 0 Å². The van der Waals surface area contributed by atoms with Crippen LogP contribution in [0, 0.1) is 15.2 Å². The number of benzene rings is 2. The van der Waals surface area contributed by atoms with Crippen LogP contribution in [0.3, 0.4) is 0 Å². The molecule has 0 saturated carbocycles. The lowest BCUT2D eigenvalue weighted by Gasteiger charge is -2.07. The first-order chi connectivity index (χ1) is 10.1. The van der Waals surface area contributed by atoms with Crippen LogP contribution >= 0.6 is 22.6 Å². The van der Waals surface area contributed by atoms with Crippen LogP contribution in [0.4, 0.5) is 8.78 Å². The highest BCUT2D eigenvalue weighted by molar-refractivity contribution is 14.1. The van der Waals surface area contributed by atoms with E-state index in [9.17, 15) is 8.78 Å². The molecule has 0 atom stereocenters. The fraction of sp³-hybridized carbons (Fsp3) is 0. The first-order valence-electron chi connectivity index (χ1n) is 6.31. The molecule has 0 radical (unpaired) electrons. The van der Waals surface area contributed by atoms with Crippen molar-refractivity contribution in [2.75, 3.05) is 0 Å². The minimum Gasteiger partial charge on any atom is -0.248 e. The van der Waals surface area contributed by atoms with Gasteiger partial charge in [0.1, 0.15) is 11.6 Å². The Balaban J connectivity index is 2.07. The lowest BCUT2D eigenvalue weighted by Crippen LogP contribution is -1.90. The molecule has 1 nitrogen and oxygen atoms in total. The predicted molar refractivity (Wildman–Crippen MR) is 87.7 cm³/mol. The highest BCUT2D eigenvalue weighted by Crippen LogP contribution is 2.25. The zero-order valence-corrected chi connectivity index (χ0v) is 13.0. The second-order valence-corrected chi connectivity index (χ2v) is 5.82. The third-order valence-electron chi connectivity index (χ3n) is 3.07. The van der Waals surface area contributed by atoms with Crippen molar-refractivity contribution in [1.82, 2.24) is 4.98 Å². The number of halogens is 3. The molecular weight excluding hydrogens is 383 g/mol. The van der Waals surface area contributed by atoms with Gasteiger partial charge in [0.05, 0.1) is 11.4 Å². The minimum atomic E-state index is -0.275. The average molecular weight is 393 g/mol. The van der Waals surface area contributed by atoms with Crippen LogP contribution in [0.5, 0.6) is 0 Å². The number of hydrogen-bond donors (Lipinski definition) is 0. The molecule has 3 aromatic rings. The van der Waals surface area contributed by atoms with Gasteiger partial charge in [-0.25, -0.2) is 13.8 Å². The molecule has 0 aliphatic heterocycles. The van der Waals surface area contributed by atoms with Gasteiger partial charge in [0.25, 0.3) is 0 Å². The van der Waals surface area contributed by atoms with Gasteiger partial charge in [-0.2, -0.15) is 0 Å². The Kier molecular flexibility index (Phi) is 3.96. The van der Waals surface area contributed by atoms with E-state index in [0.29, 0.717) is 0 Å². The number of hydrogen-bond acceptors (Lipinski definition) is 1. The van der Waals surface area contributed by atoms with Gasteiger partial charge >= 0.3 is 0 Å². The van der Waals surface area contributed by atoms with Gasteiger partial charge in [-0.1, -0.05) is 0 Å². The third kappa shape index (κ3) is 3.26. The van der Waals surface area contributed by atoms with E-state index in [2.05, 4.69) is 27.6 Å². The molecule has 2 aromatic carbocycles. The van der Waals surface area contributed by atoms with E-state index >= 15 is 0 Å². The predicted octanol–water partition coefficient (Wildman–Crippen LogP) is 5.30. The van der Waals surface area contributed by atoms with Gasteiger partial charge in [-0.05, 0) is 83.3 Å². The normalized spacial score (nSPS) is 10.6. The Morgan fingerprint density at radius 3 is 1.43 bits per heavy atom. The van der Waals surface area contributed by atoms with Gasteiger partial charge in [-0.3, -0.25) is 0 Å². The van der Waals surface area contributed by atoms with Crippen LogP contribution in [-0.2, 0) is 0 Å². The highest BCUT2D eigenvalue weighted by atomic mass is 127. The molecule has 0 aliphatic carbocycles. The largest absolute Gasteiger partial charge is 0.248 e. The van der Waals surface area contributed by atoms with E-state index in [4.69, 9.17) is 0 Å². The molecular formula is C17H10F2IN. The summed E-state index contributed by atoms with van der Waals surface area (Å²) in [6.07, 6.45) is 0. The van der Waals surface area contributed by atoms with Crippen LogP contribution in [-0.4, -0.2) is 4.98 Å². The minimum absolute atomic E-state index is 0.275. The van der Waals surface area contributed by atoms with E-state index in [-0.39, 0.29) is 11.6 Å². The third-order valence-corrected chi connectivity index (χ3v) is 3.69. The summed E-state index contributed by atoms with van der Waals surface area (Å²) in [4.78, 5) is 4.58. The summed E-state index contributed by atoms with van der Waals surface area (Å²) < 4.78 is 27.0. The first kappa shape index (κ1) is 14.1. The summed E-state index contributed by atoms with van der Waals surface area (Å²) in [6.45, 7) is 0. The molecule has 104 valence electrons. The average Bonchev–Trinajstić information content (AvgIpc) is 2.48. The first-order valence-corrected chi connectivity index (χ1v) is 7.39. The Hall–Kier alpha value is -1.82. The van der Waals surface area contributed by atoms with E-state index in [1.54, 1.807) is 24.3 Å². The van der Waals surface area contributed by atoms with E-state index in [0.717, 1.165) is 26.1 Å². The molecule has 4 heteroatoms. The lowest BCUT2D eigenvalue weighted by atomic mass is 10.1. The molecule has 0 fully saturated rings. The van der Waals surface area contributed by atoms with E-state index in [1.807, 2.05) is 12.1 Å². The van der Waals surface area contributed by atoms with E-state index in [1.165, 1.54) is 24.3 Å². The summed E-state index contributed by atoms with van der Waals surface area (Å²) in [5.41, 5.74) is 3.22. The molecule has 21 heavy (non-hydrogen) atoms. The molecule has 1 aromatic heterocycles. The molecule has 3 rings (SSSR count). The number of nitrogens with zero attached hydrogens (tertiary/aromatic N) is 1. The summed E-state index contributed by atoms with van der Waals surface area (Å²) in [6, 6.07) is 16.3. The Labute approximate surface area is 134 Å². The summed E-state index contributed by atoms with van der Waals surface area (Å²) in [5, 5.41) is 0. The second kappa shape index (κ2) is 5.89. The standard InChI is InChI=1S/C17H10F2IN/c18-13-5-1-11(2-6-13)16-9-15(20)10-17(21-16)12-3-7-14(19)8-4-12/h1-10H. The Bertz CT molecular complexity index is 704. The van der Waals surface area contributed by atoms with Crippen molar-refractivity contribution in [3.8, 4) is 22.5 Å². The number of pyridine rings is 1. The van der Waals surface area contributed by atoms with Crippen LogP contribution in [0.15, 0.2) is 60.7 Å². The highest BCUT2D eigenvalue weighted by Gasteiger charge is 2.06. The zero-order chi connectivity index (χ0) is 14.8. The van der Waals surface area contributed by atoms with Crippen molar-refractivity contribution < 1.29 is 8.78 Å².